The number of nitrogens with one attached hydrogen (secondary N) is 1. The topological polar surface area (TPSA) is 55.1 Å². The fourth-order valence-corrected chi connectivity index (χ4v) is 3.84. The number of likely N-dealkylation sites (N-methyl/N-ethyl adjacent to an activating group) is 1. The molecule has 1 aliphatic rings. The van der Waals surface area contributed by atoms with Crippen LogP contribution in [-0.2, 0) is 4.79 Å². The average Bonchev–Trinajstić information content (AvgIpc) is 1.97. The van der Waals surface area contributed by atoms with Crippen molar-refractivity contribution in [2.75, 3.05) is 6.54 Å². The zero-order chi connectivity index (χ0) is 12.6. The van der Waals surface area contributed by atoms with Crippen LogP contribution in [0.5, 0.6) is 0 Å². The van der Waals surface area contributed by atoms with Crippen molar-refractivity contribution in [3.63, 3.8) is 0 Å². The second kappa shape index (κ2) is 4.02. The first-order valence-electron chi connectivity index (χ1n) is 6.17. The molecule has 0 bridgehead atoms. The smallest absolute Gasteiger partial charge is 0.237 e. The standard InChI is InChI=1S/C13H26N2O/c1-6-15-13(10(14)16)8-11(2,3)7-12(4,5)9-13/h15H,6-9H2,1-5H3,(H2,14,16). The first-order chi connectivity index (χ1) is 7.13. The summed E-state index contributed by atoms with van der Waals surface area (Å²) in [7, 11) is 0. The molecular formula is C13H26N2O. The molecule has 0 spiro atoms. The Morgan fingerprint density at radius 1 is 1.12 bits per heavy atom. The maximum absolute atomic E-state index is 11.8. The summed E-state index contributed by atoms with van der Waals surface area (Å²) in [5, 5.41) is 3.33. The van der Waals surface area contributed by atoms with Crippen LogP contribution < -0.4 is 11.1 Å². The van der Waals surface area contributed by atoms with Gasteiger partial charge in [-0.05, 0) is 36.6 Å². The summed E-state index contributed by atoms with van der Waals surface area (Å²) >= 11 is 0. The number of carbonyl (C=O) groups excluding carboxylic acids is 1. The third-order valence-corrected chi connectivity index (χ3v) is 3.50. The van der Waals surface area contributed by atoms with Crippen LogP contribution >= 0.6 is 0 Å². The van der Waals surface area contributed by atoms with Crippen molar-refractivity contribution >= 4 is 5.91 Å². The lowest BCUT2D eigenvalue weighted by Gasteiger charge is -2.50. The first kappa shape index (κ1) is 13.5. The molecule has 0 heterocycles. The lowest BCUT2D eigenvalue weighted by molar-refractivity contribution is -0.130. The molecule has 1 saturated carbocycles. The average molecular weight is 226 g/mol. The van der Waals surface area contributed by atoms with Crippen molar-refractivity contribution in [2.45, 2.75) is 59.4 Å². The molecule has 1 aliphatic carbocycles. The molecule has 1 rings (SSSR count). The molecule has 0 aromatic carbocycles. The molecule has 0 atom stereocenters. The van der Waals surface area contributed by atoms with E-state index in [0.29, 0.717) is 0 Å². The fourth-order valence-electron chi connectivity index (χ4n) is 3.84. The van der Waals surface area contributed by atoms with Crippen molar-refractivity contribution in [3.05, 3.63) is 0 Å². The minimum Gasteiger partial charge on any atom is -0.368 e. The van der Waals surface area contributed by atoms with Gasteiger partial charge in [0.25, 0.3) is 0 Å². The predicted octanol–water partition coefficient (Wildman–Crippen LogP) is 2.06. The molecule has 0 saturated heterocycles. The van der Waals surface area contributed by atoms with Gasteiger partial charge in [-0.3, -0.25) is 4.79 Å². The van der Waals surface area contributed by atoms with Gasteiger partial charge in [-0.25, -0.2) is 0 Å². The minimum atomic E-state index is -0.514. The van der Waals surface area contributed by atoms with E-state index in [4.69, 9.17) is 5.73 Å². The Hall–Kier alpha value is -0.570. The van der Waals surface area contributed by atoms with Gasteiger partial charge in [0.1, 0.15) is 0 Å². The summed E-state index contributed by atoms with van der Waals surface area (Å²) in [6, 6.07) is 0. The molecule has 1 amide bonds. The highest BCUT2D eigenvalue weighted by molar-refractivity contribution is 5.85. The van der Waals surface area contributed by atoms with Gasteiger partial charge in [-0.15, -0.1) is 0 Å². The molecule has 0 radical (unpaired) electrons. The first-order valence-corrected chi connectivity index (χ1v) is 6.17. The third kappa shape index (κ3) is 2.76. The van der Waals surface area contributed by atoms with Gasteiger partial charge in [-0.1, -0.05) is 34.6 Å². The van der Waals surface area contributed by atoms with Crippen LogP contribution in [0.25, 0.3) is 0 Å². The van der Waals surface area contributed by atoms with E-state index in [-0.39, 0.29) is 16.7 Å². The number of hydrogen-bond acceptors (Lipinski definition) is 2. The maximum Gasteiger partial charge on any atom is 0.237 e. The summed E-state index contributed by atoms with van der Waals surface area (Å²) < 4.78 is 0. The number of amides is 1. The van der Waals surface area contributed by atoms with Crippen LogP contribution in [-0.4, -0.2) is 18.0 Å². The van der Waals surface area contributed by atoms with Gasteiger partial charge in [-0.2, -0.15) is 0 Å². The molecule has 0 aromatic heterocycles. The molecular weight excluding hydrogens is 200 g/mol. The highest BCUT2D eigenvalue weighted by Crippen LogP contribution is 2.49. The molecule has 3 nitrogen and oxygen atoms in total. The second-order valence-corrected chi connectivity index (χ2v) is 6.84. The van der Waals surface area contributed by atoms with E-state index in [2.05, 4.69) is 33.0 Å². The summed E-state index contributed by atoms with van der Waals surface area (Å²) in [5.41, 5.74) is 5.45. The van der Waals surface area contributed by atoms with Crippen molar-refractivity contribution in [1.29, 1.82) is 0 Å². The molecule has 94 valence electrons. The number of carbonyl (C=O) groups is 1. The largest absolute Gasteiger partial charge is 0.368 e. The van der Waals surface area contributed by atoms with Crippen molar-refractivity contribution in [2.24, 2.45) is 16.6 Å². The number of primary amides is 1. The number of rotatable bonds is 3. The van der Waals surface area contributed by atoms with E-state index in [1.165, 1.54) is 0 Å². The zero-order valence-corrected chi connectivity index (χ0v) is 11.3. The molecule has 1 fully saturated rings. The lowest BCUT2D eigenvalue weighted by Crippen LogP contribution is -2.62. The Balaban J connectivity index is 3.05. The molecule has 0 aromatic rings. The third-order valence-electron chi connectivity index (χ3n) is 3.50. The predicted molar refractivity (Wildman–Crippen MR) is 67.0 cm³/mol. The molecule has 16 heavy (non-hydrogen) atoms. The van der Waals surface area contributed by atoms with E-state index >= 15 is 0 Å². The van der Waals surface area contributed by atoms with Crippen LogP contribution in [0.4, 0.5) is 0 Å². The Morgan fingerprint density at radius 2 is 1.56 bits per heavy atom. The van der Waals surface area contributed by atoms with Crippen LogP contribution in [0.15, 0.2) is 0 Å². The molecule has 3 N–H and O–H groups in total. The van der Waals surface area contributed by atoms with E-state index < -0.39 is 5.54 Å². The van der Waals surface area contributed by atoms with Crippen molar-refractivity contribution in [1.82, 2.24) is 5.32 Å². The van der Waals surface area contributed by atoms with Crippen molar-refractivity contribution < 1.29 is 4.79 Å². The zero-order valence-electron chi connectivity index (χ0n) is 11.3. The molecule has 0 unspecified atom stereocenters. The van der Waals surface area contributed by atoms with Crippen molar-refractivity contribution in [3.8, 4) is 0 Å². The van der Waals surface area contributed by atoms with Crippen LogP contribution in [0.2, 0.25) is 0 Å². The van der Waals surface area contributed by atoms with Gasteiger partial charge >= 0.3 is 0 Å². The van der Waals surface area contributed by atoms with Crippen LogP contribution in [0.3, 0.4) is 0 Å². The van der Waals surface area contributed by atoms with Gasteiger partial charge in [0, 0.05) is 0 Å². The van der Waals surface area contributed by atoms with Gasteiger partial charge < -0.3 is 11.1 Å². The quantitative estimate of drug-likeness (QED) is 0.774. The Bertz CT molecular complexity index is 266. The highest BCUT2D eigenvalue weighted by atomic mass is 16.1. The summed E-state index contributed by atoms with van der Waals surface area (Å²) in [4.78, 5) is 11.8. The summed E-state index contributed by atoms with van der Waals surface area (Å²) in [5.74, 6) is -0.199. The SMILES string of the molecule is CCNC1(C(N)=O)CC(C)(C)CC(C)(C)C1. The highest BCUT2D eigenvalue weighted by Gasteiger charge is 2.50. The van der Waals surface area contributed by atoms with E-state index in [1.807, 2.05) is 6.92 Å². The Morgan fingerprint density at radius 3 is 1.88 bits per heavy atom. The van der Waals surface area contributed by atoms with Gasteiger partial charge in [0.05, 0.1) is 5.54 Å². The van der Waals surface area contributed by atoms with Gasteiger partial charge in [0.15, 0.2) is 0 Å². The van der Waals surface area contributed by atoms with E-state index in [9.17, 15) is 4.79 Å². The van der Waals surface area contributed by atoms with Crippen LogP contribution in [0, 0.1) is 10.8 Å². The Kier molecular flexibility index (Phi) is 3.39. The Labute approximate surface area is 99.2 Å². The van der Waals surface area contributed by atoms with Crippen LogP contribution in [0.1, 0.15) is 53.9 Å². The number of hydrogen-bond donors (Lipinski definition) is 2. The summed E-state index contributed by atoms with van der Waals surface area (Å²) in [6.45, 7) is 11.7. The molecule has 0 aliphatic heterocycles. The monoisotopic (exact) mass is 226 g/mol. The second-order valence-electron chi connectivity index (χ2n) is 6.84. The van der Waals surface area contributed by atoms with E-state index in [1.54, 1.807) is 0 Å². The van der Waals surface area contributed by atoms with E-state index in [0.717, 1.165) is 25.8 Å². The van der Waals surface area contributed by atoms with Gasteiger partial charge in [0.2, 0.25) is 5.91 Å². The normalized spacial score (nSPS) is 26.3. The lowest BCUT2D eigenvalue weighted by atomic mass is 9.58. The number of nitrogens with two attached hydrogens (primary N) is 1. The maximum atomic E-state index is 11.8. The fraction of sp³-hybridized carbons (Fsp3) is 0.923. The molecule has 3 heteroatoms. The summed E-state index contributed by atoms with van der Waals surface area (Å²) in [6.07, 6.45) is 2.82. The minimum absolute atomic E-state index is 0.166.